The number of ether oxygens (including phenoxy) is 3. The number of benzene rings is 1. The SMILES string of the molecule is COCCNC1(C(=O)OC)c2ccccc2OCC1C. The Labute approximate surface area is 119 Å². The number of carbonyl (C=O) groups excluding carboxylic acids is 1. The Hall–Kier alpha value is -1.59. The Balaban J connectivity index is 2.45. The lowest BCUT2D eigenvalue weighted by molar-refractivity contribution is -0.153. The van der Waals surface area contributed by atoms with Gasteiger partial charge in [0.1, 0.15) is 5.75 Å². The Morgan fingerprint density at radius 2 is 2.20 bits per heavy atom. The van der Waals surface area contributed by atoms with Crippen LogP contribution in [0.3, 0.4) is 0 Å². The molecule has 2 atom stereocenters. The molecule has 2 rings (SSSR count). The van der Waals surface area contributed by atoms with E-state index >= 15 is 0 Å². The molecule has 0 saturated carbocycles. The number of hydrogen-bond donors (Lipinski definition) is 1. The molecule has 1 aliphatic heterocycles. The van der Waals surface area contributed by atoms with E-state index in [4.69, 9.17) is 14.2 Å². The lowest BCUT2D eigenvalue weighted by Gasteiger charge is -2.41. The lowest BCUT2D eigenvalue weighted by Crippen LogP contribution is -2.58. The quantitative estimate of drug-likeness (QED) is 0.651. The molecular formula is C15H21NO4. The van der Waals surface area contributed by atoms with Gasteiger partial charge in [-0.05, 0) is 6.07 Å². The second-order valence-corrected chi connectivity index (χ2v) is 4.93. The number of para-hydroxylation sites is 1. The third-order valence-corrected chi connectivity index (χ3v) is 3.76. The van der Waals surface area contributed by atoms with E-state index in [-0.39, 0.29) is 11.9 Å². The highest BCUT2D eigenvalue weighted by atomic mass is 16.5. The van der Waals surface area contributed by atoms with Crippen molar-refractivity contribution in [3.05, 3.63) is 29.8 Å². The summed E-state index contributed by atoms with van der Waals surface area (Å²) in [5, 5.41) is 3.31. The average molecular weight is 279 g/mol. The fraction of sp³-hybridized carbons (Fsp3) is 0.533. The molecular weight excluding hydrogens is 258 g/mol. The smallest absolute Gasteiger partial charge is 0.331 e. The number of methoxy groups -OCH3 is 2. The van der Waals surface area contributed by atoms with Crippen LogP contribution >= 0.6 is 0 Å². The molecule has 0 radical (unpaired) electrons. The number of carbonyl (C=O) groups is 1. The van der Waals surface area contributed by atoms with Gasteiger partial charge in [0.05, 0.1) is 20.3 Å². The minimum absolute atomic E-state index is 0.0401. The monoisotopic (exact) mass is 279 g/mol. The number of hydrogen-bond acceptors (Lipinski definition) is 5. The maximum atomic E-state index is 12.5. The van der Waals surface area contributed by atoms with Crippen molar-refractivity contribution in [2.75, 3.05) is 34.0 Å². The van der Waals surface area contributed by atoms with Crippen LogP contribution in [0.15, 0.2) is 24.3 Å². The van der Waals surface area contributed by atoms with E-state index in [0.717, 1.165) is 11.3 Å². The van der Waals surface area contributed by atoms with E-state index in [0.29, 0.717) is 19.8 Å². The Morgan fingerprint density at radius 1 is 1.45 bits per heavy atom. The zero-order valence-corrected chi connectivity index (χ0v) is 12.1. The second kappa shape index (κ2) is 6.24. The molecule has 1 heterocycles. The summed E-state index contributed by atoms with van der Waals surface area (Å²) < 4.78 is 15.8. The van der Waals surface area contributed by atoms with Crippen molar-refractivity contribution in [3.8, 4) is 5.75 Å². The summed E-state index contributed by atoms with van der Waals surface area (Å²) in [4.78, 5) is 12.5. The zero-order chi connectivity index (χ0) is 14.6. The topological polar surface area (TPSA) is 56.8 Å². The van der Waals surface area contributed by atoms with Gasteiger partial charge in [0.25, 0.3) is 0 Å². The van der Waals surface area contributed by atoms with Crippen LogP contribution in [-0.4, -0.2) is 39.9 Å². The third kappa shape index (κ3) is 2.39. The Bertz CT molecular complexity index is 477. The first-order valence-electron chi connectivity index (χ1n) is 6.71. The summed E-state index contributed by atoms with van der Waals surface area (Å²) in [5.74, 6) is 0.388. The van der Waals surface area contributed by atoms with Crippen LogP contribution in [0.5, 0.6) is 5.75 Å². The summed E-state index contributed by atoms with van der Waals surface area (Å²) in [6, 6.07) is 7.57. The normalized spacial score (nSPS) is 24.6. The van der Waals surface area contributed by atoms with Gasteiger partial charge in [-0.15, -0.1) is 0 Å². The van der Waals surface area contributed by atoms with Gasteiger partial charge in [-0.25, -0.2) is 4.79 Å². The summed E-state index contributed by atoms with van der Waals surface area (Å²) >= 11 is 0. The molecule has 5 heteroatoms. The van der Waals surface area contributed by atoms with Crippen LogP contribution in [0, 0.1) is 5.92 Å². The van der Waals surface area contributed by atoms with E-state index in [1.54, 1.807) is 7.11 Å². The van der Waals surface area contributed by atoms with Crippen molar-refractivity contribution in [3.63, 3.8) is 0 Å². The van der Waals surface area contributed by atoms with Crippen LogP contribution in [0.4, 0.5) is 0 Å². The van der Waals surface area contributed by atoms with Crippen molar-refractivity contribution in [1.29, 1.82) is 0 Å². The van der Waals surface area contributed by atoms with Crippen LogP contribution in [0.1, 0.15) is 12.5 Å². The summed E-state index contributed by atoms with van der Waals surface area (Å²) in [5.41, 5.74) is -0.0658. The molecule has 5 nitrogen and oxygen atoms in total. The Morgan fingerprint density at radius 3 is 2.90 bits per heavy atom. The van der Waals surface area contributed by atoms with Gasteiger partial charge in [0.2, 0.25) is 0 Å². The van der Waals surface area contributed by atoms with Gasteiger partial charge in [-0.3, -0.25) is 5.32 Å². The number of esters is 1. The largest absolute Gasteiger partial charge is 0.493 e. The van der Waals surface area contributed by atoms with Gasteiger partial charge in [-0.1, -0.05) is 25.1 Å². The van der Waals surface area contributed by atoms with Crippen molar-refractivity contribution >= 4 is 5.97 Å². The highest BCUT2D eigenvalue weighted by molar-refractivity contribution is 5.84. The molecule has 110 valence electrons. The molecule has 0 amide bonds. The molecule has 1 aromatic carbocycles. The molecule has 0 bridgehead atoms. The van der Waals surface area contributed by atoms with E-state index in [9.17, 15) is 4.79 Å². The summed E-state index contributed by atoms with van der Waals surface area (Å²) in [7, 11) is 3.04. The van der Waals surface area contributed by atoms with E-state index in [1.165, 1.54) is 7.11 Å². The molecule has 0 aliphatic carbocycles. The van der Waals surface area contributed by atoms with Gasteiger partial charge in [0, 0.05) is 25.1 Å². The standard InChI is InChI=1S/C15H21NO4/c1-11-10-20-13-7-5-4-6-12(13)15(11,14(17)19-3)16-8-9-18-2/h4-7,11,16H,8-10H2,1-3H3. The minimum Gasteiger partial charge on any atom is -0.493 e. The first-order valence-corrected chi connectivity index (χ1v) is 6.71. The minimum atomic E-state index is -0.887. The highest BCUT2D eigenvalue weighted by Crippen LogP contribution is 2.41. The highest BCUT2D eigenvalue weighted by Gasteiger charge is 2.50. The predicted octanol–water partition coefficient (Wildman–Crippen LogP) is 1.32. The van der Waals surface area contributed by atoms with Crippen LogP contribution in [0.25, 0.3) is 0 Å². The number of rotatable bonds is 5. The fourth-order valence-electron chi connectivity index (χ4n) is 2.69. The first-order chi connectivity index (χ1) is 9.66. The molecule has 0 aromatic heterocycles. The first kappa shape index (κ1) is 14.8. The van der Waals surface area contributed by atoms with Gasteiger partial charge >= 0.3 is 5.97 Å². The maximum Gasteiger partial charge on any atom is 0.331 e. The lowest BCUT2D eigenvalue weighted by atomic mass is 9.77. The summed E-state index contributed by atoms with van der Waals surface area (Å²) in [6.07, 6.45) is 0. The van der Waals surface area contributed by atoms with Gasteiger partial charge in [-0.2, -0.15) is 0 Å². The molecule has 2 unspecified atom stereocenters. The average Bonchev–Trinajstić information content (AvgIpc) is 2.49. The van der Waals surface area contributed by atoms with Gasteiger partial charge in [0.15, 0.2) is 5.54 Å². The van der Waals surface area contributed by atoms with E-state index in [2.05, 4.69) is 5.32 Å². The predicted molar refractivity (Wildman–Crippen MR) is 74.7 cm³/mol. The molecule has 20 heavy (non-hydrogen) atoms. The third-order valence-electron chi connectivity index (χ3n) is 3.76. The van der Waals surface area contributed by atoms with Crippen molar-refractivity contribution in [2.45, 2.75) is 12.5 Å². The molecule has 1 aromatic rings. The molecule has 1 N–H and O–H groups in total. The van der Waals surface area contributed by atoms with Crippen molar-refractivity contribution < 1.29 is 19.0 Å². The Kier molecular flexibility index (Phi) is 4.62. The summed E-state index contributed by atoms with van der Waals surface area (Å²) in [6.45, 7) is 3.53. The molecule has 0 spiro atoms. The zero-order valence-electron chi connectivity index (χ0n) is 12.1. The van der Waals surface area contributed by atoms with Crippen LogP contribution < -0.4 is 10.1 Å². The van der Waals surface area contributed by atoms with E-state index in [1.807, 2.05) is 31.2 Å². The number of nitrogens with one attached hydrogen (secondary N) is 1. The van der Waals surface area contributed by atoms with E-state index < -0.39 is 5.54 Å². The molecule has 1 aliphatic rings. The maximum absolute atomic E-state index is 12.5. The molecule has 0 saturated heterocycles. The van der Waals surface area contributed by atoms with Crippen molar-refractivity contribution in [2.24, 2.45) is 5.92 Å². The van der Waals surface area contributed by atoms with Crippen molar-refractivity contribution in [1.82, 2.24) is 5.32 Å². The second-order valence-electron chi connectivity index (χ2n) is 4.93. The molecule has 0 fully saturated rings. The van der Waals surface area contributed by atoms with Gasteiger partial charge < -0.3 is 14.2 Å². The fourth-order valence-corrected chi connectivity index (χ4v) is 2.69. The number of fused-ring (bicyclic) bond motifs is 1. The van der Waals surface area contributed by atoms with Crippen LogP contribution in [-0.2, 0) is 19.8 Å². The van der Waals surface area contributed by atoms with Crippen LogP contribution in [0.2, 0.25) is 0 Å².